The molecule has 0 radical (unpaired) electrons. The van der Waals surface area contributed by atoms with E-state index in [0.29, 0.717) is 6.54 Å². The topological polar surface area (TPSA) is 49.3 Å². The van der Waals surface area contributed by atoms with Crippen molar-refractivity contribution in [1.29, 1.82) is 0 Å². The predicted octanol–water partition coefficient (Wildman–Crippen LogP) is 3.00. The molecule has 17 heavy (non-hydrogen) atoms. The minimum Gasteiger partial charge on any atom is -0.465 e. The molecule has 0 saturated heterocycles. The Labute approximate surface area is 101 Å². The molecule has 0 aromatic heterocycles. The molecule has 0 fully saturated rings. The van der Waals surface area contributed by atoms with Gasteiger partial charge >= 0.3 is 6.09 Å². The summed E-state index contributed by atoms with van der Waals surface area (Å²) in [7, 11) is 0. The maximum atomic E-state index is 10.1. The van der Waals surface area contributed by atoms with E-state index in [1.165, 1.54) is 5.56 Å². The summed E-state index contributed by atoms with van der Waals surface area (Å²) < 4.78 is 0. The van der Waals surface area contributed by atoms with Crippen LogP contribution in [-0.2, 0) is 6.42 Å². The van der Waals surface area contributed by atoms with Gasteiger partial charge in [-0.15, -0.1) is 0 Å². The quantitative estimate of drug-likeness (QED) is 0.739. The van der Waals surface area contributed by atoms with Crippen LogP contribution in [0.3, 0.4) is 0 Å². The van der Waals surface area contributed by atoms with Gasteiger partial charge < -0.3 is 10.4 Å². The molecular weight excluding hydrogens is 214 g/mol. The molecule has 0 aliphatic heterocycles. The lowest BCUT2D eigenvalue weighted by atomic mass is 10.1. The number of rotatable bonds is 6. The maximum Gasteiger partial charge on any atom is 0.404 e. The molecule has 1 aromatic carbocycles. The molecule has 90 valence electrons. The average molecular weight is 231 g/mol. The van der Waals surface area contributed by atoms with E-state index in [0.717, 1.165) is 12.8 Å². The first kappa shape index (κ1) is 13.0. The fraction of sp³-hybridized carbons (Fsp3) is 0.214. The molecular formula is C14H17NO2. The van der Waals surface area contributed by atoms with Gasteiger partial charge in [0, 0.05) is 6.54 Å². The lowest BCUT2D eigenvalue weighted by Gasteiger charge is -1.95. The van der Waals surface area contributed by atoms with Crippen LogP contribution < -0.4 is 5.32 Å². The van der Waals surface area contributed by atoms with Crippen LogP contribution in [0.4, 0.5) is 4.79 Å². The Morgan fingerprint density at radius 1 is 1.18 bits per heavy atom. The van der Waals surface area contributed by atoms with Crippen molar-refractivity contribution in [1.82, 2.24) is 5.32 Å². The van der Waals surface area contributed by atoms with E-state index in [1.807, 2.05) is 30.4 Å². The number of aryl methyl sites for hydroxylation is 1. The van der Waals surface area contributed by atoms with Crippen LogP contribution in [0.1, 0.15) is 12.0 Å². The normalized spacial score (nSPS) is 11.1. The highest BCUT2D eigenvalue weighted by atomic mass is 16.4. The third-order valence-corrected chi connectivity index (χ3v) is 2.20. The number of carbonyl (C=O) groups is 1. The minimum absolute atomic E-state index is 0.346. The fourth-order valence-electron chi connectivity index (χ4n) is 1.36. The van der Waals surface area contributed by atoms with Crippen LogP contribution in [0.25, 0.3) is 0 Å². The monoisotopic (exact) mass is 231 g/mol. The second-order valence-electron chi connectivity index (χ2n) is 3.57. The number of benzene rings is 1. The standard InChI is InChI=1S/C14H17NO2/c16-14(17)15-12-8-3-1-2-5-9-13-10-6-4-7-11-13/h1-4,6-8,10-11,15H,5,9,12H2,(H,16,17). The zero-order valence-electron chi connectivity index (χ0n) is 9.67. The number of amides is 1. The molecule has 0 atom stereocenters. The van der Waals surface area contributed by atoms with Gasteiger partial charge in [-0.1, -0.05) is 54.6 Å². The number of nitrogens with one attached hydrogen (secondary N) is 1. The maximum absolute atomic E-state index is 10.1. The molecule has 0 unspecified atom stereocenters. The zero-order valence-corrected chi connectivity index (χ0v) is 9.67. The van der Waals surface area contributed by atoms with Gasteiger partial charge in [-0.25, -0.2) is 4.79 Å². The van der Waals surface area contributed by atoms with Crippen molar-refractivity contribution in [3.8, 4) is 0 Å². The van der Waals surface area contributed by atoms with E-state index in [1.54, 1.807) is 6.08 Å². The Balaban J connectivity index is 2.12. The molecule has 0 saturated carbocycles. The van der Waals surface area contributed by atoms with Gasteiger partial charge in [0.25, 0.3) is 0 Å². The first-order chi connectivity index (χ1) is 8.29. The first-order valence-electron chi connectivity index (χ1n) is 5.61. The van der Waals surface area contributed by atoms with E-state index in [-0.39, 0.29) is 0 Å². The lowest BCUT2D eigenvalue weighted by molar-refractivity contribution is 0.195. The van der Waals surface area contributed by atoms with Crippen molar-refractivity contribution in [2.24, 2.45) is 0 Å². The average Bonchev–Trinajstić information content (AvgIpc) is 2.33. The number of allylic oxidation sites excluding steroid dienone is 3. The molecule has 0 heterocycles. The summed E-state index contributed by atoms with van der Waals surface area (Å²) in [5.41, 5.74) is 1.33. The summed E-state index contributed by atoms with van der Waals surface area (Å²) in [6, 6.07) is 10.3. The summed E-state index contributed by atoms with van der Waals surface area (Å²) in [6.45, 7) is 0.346. The second-order valence-corrected chi connectivity index (χ2v) is 3.57. The van der Waals surface area contributed by atoms with Crippen molar-refractivity contribution in [3.05, 3.63) is 60.2 Å². The molecule has 3 heteroatoms. The molecule has 1 aromatic rings. The van der Waals surface area contributed by atoms with E-state index in [4.69, 9.17) is 5.11 Å². The predicted molar refractivity (Wildman–Crippen MR) is 69.1 cm³/mol. The summed E-state index contributed by atoms with van der Waals surface area (Å²) in [5, 5.41) is 10.6. The largest absolute Gasteiger partial charge is 0.465 e. The van der Waals surface area contributed by atoms with Crippen LogP contribution in [0.5, 0.6) is 0 Å². The highest BCUT2D eigenvalue weighted by molar-refractivity contribution is 5.64. The summed E-state index contributed by atoms with van der Waals surface area (Å²) >= 11 is 0. The van der Waals surface area contributed by atoms with Gasteiger partial charge in [0.15, 0.2) is 0 Å². The Morgan fingerprint density at radius 2 is 1.88 bits per heavy atom. The molecule has 0 aliphatic carbocycles. The van der Waals surface area contributed by atoms with E-state index in [9.17, 15) is 4.79 Å². The van der Waals surface area contributed by atoms with Gasteiger partial charge in [-0.05, 0) is 18.4 Å². The zero-order chi connectivity index (χ0) is 12.3. The lowest BCUT2D eigenvalue weighted by Crippen LogP contribution is -2.20. The van der Waals surface area contributed by atoms with Gasteiger partial charge in [0.2, 0.25) is 0 Å². The number of carboxylic acid groups (broad SMARTS) is 1. The first-order valence-corrected chi connectivity index (χ1v) is 5.61. The van der Waals surface area contributed by atoms with Crippen LogP contribution in [0.2, 0.25) is 0 Å². The number of hydrogen-bond acceptors (Lipinski definition) is 1. The van der Waals surface area contributed by atoms with Crippen molar-refractivity contribution in [2.75, 3.05) is 6.54 Å². The van der Waals surface area contributed by atoms with Crippen LogP contribution in [0, 0.1) is 0 Å². The van der Waals surface area contributed by atoms with Crippen LogP contribution in [0.15, 0.2) is 54.6 Å². The molecule has 1 amide bonds. The van der Waals surface area contributed by atoms with E-state index >= 15 is 0 Å². The summed E-state index contributed by atoms with van der Waals surface area (Å²) in [6.07, 6.45) is 8.65. The highest BCUT2D eigenvalue weighted by Crippen LogP contribution is 2.02. The minimum atomic E-state index is -0.997. The Bertz CT molecular complexity index is 382. The van der Waals surface area contributed by atoms with Gasteiger partial charge in [0.1, 0.15) is 0 Å². The number of hydrogen-bond donors (Lipinski definition) is 2. The summed E-state index contributed by atoms with van der Waals surface area (Å²) in [5.74, 6) is 0. The molecule has 0 spiro atoms. The molecule has 0 aliphatic rings. The Hall–Kier alpha value is -2.03. The van der Waals surface area contributed by atoms with Crippen molar-refractivity contribution in [2.45, 2.75) is 12.8 Å². The van der Waals surface area contributed by atoms with Crippen molar-refractivity contribution in [3.63, 3.8) is 0 Å². The second kappa shape index (κ2) is 8.16. The molecule has 0 bridgehead atoms. The Kier molecular flexibility index (Phi) is 6.26. The molecule has 3 nitrogen and oxygen atoms in total. The smallest absolute Gasteiger partial charge is 0.404 e. The highest BCUT2D eigenvalue weighted by Gasteiger charge is 1.88. The third kappa shape index (κ3) is 6.95. The van der Waals surface area contributed by atoms with Gasteiger partial charge in [-0.2, -0.15) is 0 Å². The van der Waals surface area contributed by atoms with Crippen molar-refractivity contribution < 1.29 is 9.90 Å². The fourth-order valence-corrected chi connectivity index (χ4v) is 1.36. The van der Waals surface area contributed by atoms with Crippen LogP contribution >= 0.6 is 0 Å². The van der Waals surface area contributed by atoms with Gasteiger partial charge in [-0.3, -0.25) is 0 Å². The van der Waals surface area contributed by atoms with Crippen LogP contribution in [-0.4, -0.2) is 17.7 Å². The third-order valence-electron chi connectivity index (χ3n) is 2.20. The Morgan fingerprint density at radius 3 is 2.59 bits per heavy atom. The van der Waals surface area contributed by atoms with Crippen molar-refractivity contribution >= 4 is 6.09 Å². The SMILES string of the molecule is O=C(O)NCC=CC=CCCc1ccccc1. The van der Waals surface area contributed by atoms with E-state index in [2.05, 4.69) is 23.5 Å². The van der Waals surface area contributed by atoms with Gasteiger partial charge in [0.05, 0.1) is 0 Å². The molecule has 2 N–H and O–H groups in total. The van der Waals surface area contributed by atoms with E-state index < -0.39 is 6.09 Å². The summed E-state index contributed by atoms with van der Waals surface area (Å²) in [4.78, 5) is 10.1. The molecule has 1 rings (SSSR count).